The smallest absolute Gasteiger partial charge is 0.340 e. The molecule has 2 atom stereocenters. The lowest BCUT2D eigenvalue weighted by Crippen LogP contribution is -2.29. The zero-order valence-corrected chi connectivity index (χ0v) is 13.4. The molecule has 0 spiro atoms. The Balaban J connectivity index is 2.09. The van der Waals surface area contributed by atoms with Crippen molar-refractivity contribution in [3.05, 3.63) is 17.8 Å². The number of hydrogen-bond acceptors (Lipinski definition) is 6. The molecule has 5 nitrogen and oxygen atoms in total. The lowest BCUT2D eigenvalue weighted by atomic mass is 9.95. The molecule has 2 unspecified atom stereocenters. The van der Waals surface area contributed by atoms with Gasteiger partial charge in [0.1, 0.15) is 5.82 Å². The Labute approximate surface area is 130 Å². The van der Waals surface area contributed by atoms with Crippen LogP contribution >= 0.6 is 11.8 Å². The van der Waals surface area contributed by atoms with Crippen molar-refractivity contribution in [1.29, 1.82) is 0 Å². The Bertz CT molecular complexity index is 496. The summed E-state index contributed by atoms with van der Waals surface area (Å²) in [5.74, 6) is 0.193. The Morgan fingerprint density at radius 2 is 2.38 bits per heavy atom. The standard InChI is InChI=1S/C15H23N3O2S/c1-3-20-15(19)12-7-8-17-14(13(12)16)18-10-5-4-6-11(9-10)21-2/h7-8,10-11H,3-6,9,16H2,1-2H3,(H,17,18). The van der Waals surface area contributed by atoms with Gasteiger partial charge in [-0.2, -0.15) is 11.8 Å². The summed E-state index contributed by atoms with van der Waals surface area (Å²) in [4.78, 5) is 16.1. The maximum absolute atomic E-state index is 11.8. The van der Waals surface area contributed by atoms with Gasteiger partial charge in [0.15, 0.2) is 0 Å². The minimum Gasteiger partial charge on any atom is -0.462 e. The number of esters is 1. The summed E-state index contributed by atoms with van der Waals surface area (Å²) in [5, 5.41) is 4.08. The fourth-order valence-corrected chi connectivity index (χ4v) is 3.49. The van der Waals surface area contributed by atoms with Crippen LogP contribution in [0.3, 0.4) is 0 Å². The van der Waals surface area contributed by atoms with Gasteiger partial charge in [-0.05, 0) is 38.5 Å². The molecule has 0 aromatic carbocycles. The minimum absolute atomic E-state index is 0.335. The van der Waals surface area contributed by atoms with E-state index >= 15 is 0 Å². The van der Waals surface area contributed by atoms with E-state index in [-0.39, 0.29) is 0 Å². The predicted molar refractivity (Wildman–Crippen MR) is 87.8 cm³/mol. The largest absolute Gasteiger partial charge is 0.462 e. The SMILES string of the molecule is CCOC(=O)c1ccnc(NC2CCCC(SC)C2)c1N. The van der Waals surface area contributed by atoms with E-state index in [9.17, 15) is 4.79 Å². The number of nitrogen functional groups attached to an aromatic ring is 1. The molecule has 21 heavy (non-hydrogen) atoms. The maximum Gasteiger partial charge on any atom is 0.340 e. The second-order valence-corrected chi connectivity index (χ2v) is 6.34. The third-order valence-corrected chi connectivity index (χ3v) is 4.88. The number of anilines is 2. The second kappa shape index (κ2) is 7.54. The zero-order chi connectivity index (χ0) is 15.2. The zero-order valence-electron chi connectivity index (χ0n) is 12.6. The molecule has 1 aliphatic rings. The summed E-state index contributed by atoms with van der Waals surface area (Å²) in [6.07, 6.45) is 8.44. The number of nitrogens with zero attached hydrogens (tertiary/aromatic N) is 1. The number of nitrogens with one attached hydrogen (secondary N) is 1. The van der Waals surface area contributed by atoms with Crippen molar-refractivity contribution >= 4 is 29.2 Å². The summed E-state index contributed by atoms with van der Waals surface area (Å²) < 4.78 is 5.01. The molecule has 6 heteroatoms. The van der Waals surface area contributed by atoms with Gasteiger partial charge in [-0.3, -0.25) is 0 Å². The van der Waals surface area contributed by atoms with Gasteiger partial charge in [-0.25, -0.2) is 9.78 Å². The van der Waals surface area contributed by atoms with Crippen LogP contribution in [0, 0.1) is 0 Å². The average Bonchev–Trinajstić information content (AvgIpc) is 2.50. The molecule has 1 heterocycles. The molecule has 1 aliphatic carbocycles. The van der Waals surface area contributed by atoms with Crippen LogP contribution in [0.1, 0.15) is 43.0 Å². The van der Waals surface area contributed by atoms with E-state index in [4.69, 9.17) is 10.5 Å². The highest BCUT2D eigenvalue weighted by Crippen LogP contribution is 2.30. The fraction of sp³-hybridized carbons (Fsp3) is 0.600. The van der Waals surface area contributed by atoms with Crippen molar-refractivity contribution < 1.29 is 9.53 Å². The Morgan fingerprint density at radius 1 is 1.57 bits per heavy atom. The number of carbonyl (C=O) groups excluding carboxylic acids is 1. The van der Waals surface area contributed by atoms with E-state index in [0.29, 0.717) is 35.0 Å². The summed E-state index contributed by atoms with van der Waals surface area (Å²) in [6, 6.07) is 1.97. The monoisotopic (exact) mass is 309 g/mol. The lowest BCUT2D eigenvalue weighted by molar-refractivity contribution is 0.0527. The van der Waals surface area contributed by atoms with Crippen LogP contribution in [0.15, 0.2) is 12.3 Å². The Kier molecular flexibility index (Phi) is 5.73. The number of ether oxygens (including phenoxy) is 1. The van der Waals surface area contributed by atoms with Crippen molar-refractivity contribution in [2.75, 3.05) is 23.9 Å². The summed E-state index contributed by atoms with van der Waals surface area (Å²) in [7, 11) is 0. The van der Waals surface area contributed by atoms with Gasteiger partial charge in [0.05, 0.1) is 17.9 Å². The highest BCUT2D eigenvalue weighted by Gasteiger charge is 2.23. The van der Waals surface area contributed by atoms with Gasteiger partial charge in [-0.15, -0.1) is 0 Å². The molecule has 3 N–H and O–H groups in total. The number of rotatable bonds is 5. The van der Waals surface area contributed by atoms with E-state index in [1.165, 1.54) is 12.8 Å². The molecule has 2 rings (SSSR count). The van der Waals surface area contributed by atoms with Crippen LogP contribution in [-0.4, -0.2) is 35.1 Å². The topological polar surface area (TPSA) is 77.2 Å². The first-order valence-electron chi connectivity index (χ1n) is 7.36. The number of aromatic nitrogens is 1. The van der Waals surface area contributed by atoms with Gasteiger partial charge in [-0.1, -0.05) is 6.42 Å². The maximum atomic E-state index is 11.8. The molecule has 1 fully saturated rings. The van der Waals surface area contributed by atoms with Crippen LogP contribution in [0.25, 0.3) is 0 Å². The molecule has 1 aromatic rings. The van der Waals surface area contributed by atoms with Gasteiger partial charge >= 0.3 is 5.97 Å². The van der Waals surface area contributed by atoms with Gasteiger partial charge in [0, 0.05) is 17.5 Å². The Morgan fingerprint density at radius 3 is 3.10 bits per heavy atom. The first-order chi connectivity index (χ1) is 10.2. The molecule has 0 saturated heterocycles. The molecule has 116 valence electrons. The predicted octanol–water partition coefficient (Wildman–Crippen LogP) is 2.93. The van der Waals surface area contributed by atoms with Gasteiger partial charge in [0.25, 0.3) is 0 Å². The van der Waals surface area contributed by atoms with Crippen molar-refractivity contribution in [3.63, 3.8) is 0 Å². The van der Waals surface area contributed by atoms with E-state index in [0.717, 1.165) is 12.8 Å². The van der Waals surface area contributed by atoms with Gasteiger partial charge in [0.2, 0.25) is 0 Å². The molecule has 0 bridgehead atoms. The molecule has 1 aromatic heterocycles. The number of nitrogens with two attached hydrogens (primary N) is 1. The number of pyridine rings is 1. The number of carbonyl (C=O) groups is 1. The van der Waals surface area contributed by atoms with E-state index in [1.54, 1.807) is 19.2 Å². The lowest BCUT2D eigenvalue weighted by Gasteiger charge is -2.29. The Hall–Kier alpha value is -1.43. The normalized spacial score (nSPS) is 21.8. The molecule has 0 aliphatic heterocycles. The van der Waals surface area contributed by atoms with Crippen LogP contribution in [-0.2, 0) is 4.74 Å². The second-order valence-electron chi connectivity index (χ2n) is 5.21. The molecular formula is C15H23N3O2S. The molecule has 0 radical (unpaired) electrons. The van der Waals surface area contributed by atoms with Crippen LogP contribution < -0.4 is 11.1 Å². The highest BCUT2D eigenvalue weighted by atomic mass is 32.2. The third-order valence-electron chi connectivity index (χ3n) is 3.79. The minimum atomic E-state index is -0.397. The first-order valence-corrected chi connectivity index (χ1v) is 8.65. The number of thioether (sulfide) groups is 1. The quantitative estimate of drug-likeness (QED) is 0.814. The summed E-state index contributed by atoms with van der Waals surface area (Å²) in [6.45, 7) is 2.11. The van der Waals surface area contributed by atoms with Gasteiger partial charge < -0.3 is 15.8 Å². The number of hydrogen-bond donors (Lipinski definition) is 2. The van der Waals surface area contributed by atoms with E-state index in [2.05, 4.69) is 16.6 Å². The molecule has 1 saturated carbocycles. The third kappa shape index (κ3) is 4.03. The van der Waals surface area contributed by atoms with Crippen molar-refractivity contribution in [1.82, 2.24) is 4.98 Å². The van der Waals surface area contributed by atoms with Crippen molar-refractivity contribution in [2.45, 2.75) is 43.9 Å². The summed E-state index contributed by atoms with van der Waals surface area (Å²) in [5.41, 5.74) is 6.83. The van der Waals surface area contributed by atoms with Crippen LogP contribution in [0.5, 0.6) is 0 Å². The average molecular weight is 309 g/mol. The molecular weight excluding hydrogens is 286 g/mol. The van der Waals surface area contributed by atoms with Crippen molar-refractivity contribution in [3.8, 4) is 0 Å². The molecule has 0 amide bonds. The van der Waals surface area contributed by atoms with E-state index < -0.39 is 5.97 Å². The first kappa shape index (κ1) is 15.9. The fourth-order valence-electron chi connectivity index (χ4n) is 2.66. The highest BCUT2D eigenvalue weighted by molar-refractivity contribution is 7.99. The van der Waals surface area contributed by atoms with Crippen molar-refractivity contribution in [2.24, 2.45) is 0 Å². The van der Waals surface area contributed by atoms with Crippen LogP contribution in [0.4, 0.5) is 11.5 Å². The van der Waals surface area contributed by atoms with Crippen LogP contribution in [0.2, 0.25) is 0 Å². The summed E-state index contributed by atoms with van der Waals surface area (Å²) >= 11 is 1.91. The van der Waals surface area contributed by atoms with E-state index in [1.807, 2.05) is 11.8 Å².